The van der Waals surface area contributed by atoms with Crippen LogP contribution in [0.4, 0.5) is 26.3 Å². The van der Waals surface area contributed by atoms with Crippen LogP contribution in [0.3, 0.4) is 0 Å². The number of carboxylic acid groups (broad SMARTS) is 1. The van der Waals surface area contributed by atoms with E-state index in [0.29, 0.717) is 6.04 Å². The average molecular weight is 537 g/mol. The summed E-state index contributed by atoms with van der Waals surface area (Å²) in [7, 11) is 3.11. The Hall–Kier alpha value is -2.70. The van der Waals surface area contributed by atoms with Crippen LogP contribution in [0.5, 0.6) is 0 Å². The summed E-state index contributed by atoms with van der Waals surface area (Å²) in [5.74, 6) is -5.41. The average Bonchev–Trinajstić information content (AvgIpc) is 2.87. The van der Waals surface area contributed by atoms with Crippen molar-refractivity contribution in [3.8, 4) is 0 Å². The van der Waals surface area contributed by atoms with Gasteiger partial charge in [0.2, 0.25) is 0 Å². The standard InChI is InChI=1S/C23H29F3N2O2.C2HF3O2/c1-27-19-8-10-20(11-9-19)28-15-18-14-17(16-6-4-3-5-7-16)12-13-22(18,30-2)21(29)23(24,25)26;3-2(4,5)1(6)7/h3-7,12-14,18-20,27-28H,8-11,15H2,1-2H3;(H,6,7). The van der Waals surface area contributed by atoms with E-state index in [-0.39, 0.29) is 12.6 Å². The molecule has 1 aromatic carbocycles. The number of halogens is 6. The number of methoxy groups -OCH3 is 1. The number of ether oxygens (including phenoxy) is 1. The highest BCUT2D eigenvalue weighted by Gasteiger charge is 2.56. The Bertz CT molecular complexity index is 970. The van der Waals surface area contributed by atoms with Gasteiger partial charge in [-0.3, -0.25) is 4.79 Å². The zero-order valence-corrected chi connectivity index (χ0v) is 20.3. The molecule has 0 radical (unpaired) electrons. The van der Waals surface area contributed by atoms with E-state index in [9.17, 15) is 31.1 Å². The van der Waals surface area contributed by atoms with Crippen LogP contribution in [0.15, 0.2) is 48.6 Å². The number of hydrogen-bond acceptors (Lipinski definition) is 5. The quantitative estimate of drug-likeness (QED) is 0.444. The lowest BCUT2D eigenvalue weighted by molar-refractivity contribution is -0.192. The molecule has 2 atom stereocenters. The Morgan fingerprint density at radius 2 is 1.54 bits per heavy atom. The van der Waals surface area contributed by atoms with Crippen molar-refractivity contribution in [2.45, 2.75) is 55.7 Å². The van der Waals surface area contributed by atoms with Gasteiger partial charge >= 0.3 is 18.3 Å². The Kier molecular flexibility index (Phi) is 10.5. The number of Topliss-reactive ketones (excluding diaryl/α,β-unsaturated/α-hetero) is 1. The van der Waals surface area contributed by atoms with Crippen molar-refractivity contribution < 1.29 is 45.8 Å². The largest absolute Gasteiger partial charge is 0.490 e. The molecular weight excluding hydrogens is 506 g/mol. The van der Waals surface area contributed by atoms with Crippen LogP contribution in [0.1, 0.15) is 31.2 Å². The van der Waals surface area contributed by atoms with Gasteiger partial charge in [-0.05, 0) is 49.9 Å². The van der Waals surface area contributed by atoms with E-state index >= 15 is 0 Å². The summed E-state index contributed by atoms with van der Waals surface area (Å²) in [5, 5.41) is 13.8. The van der Waals surface area contributed by atoms with E-state index < -0.39 is 35.6 Å². The van der Waals surface area contributed by atoms with Gasteiger partial charge in [0.05, 0.1) is 0 Å². The molecule has 12 heteroatoms. The first-order valence-electron chi connectivity index (χ1n) is 11.6. The Labute approximate surface area is 210 Å². The number of allylic oxidation sites excluding steroid dienone is 2. The van der Waals surface area contributed by atoms with Crippen LogP contribution >= 0.6 is 0 Å². The number of alkyl halides is 6. The molecule has 0 amide bonds. The van der Waals surface area contributed by atoms with Crippen molar-refractivity contribution >= 4 is 17.3 Å². The van der Waals surface area contributed by atoms with Crippen LogP contribution in [0.2, 0.25) is 0 Å². The van der Waals surface area contributed by atoms with Gasteiger partial charge < -0.3 is 20.5 Å². The number of nitrogens with one attached hydrogen (secondary N) is 2. The molecule has 2 unspecified atom stereocenters. The number of carbonyl (C=O) groups is 2. The lowest BCUT2D eigenvalue weighted by Gasteiger charge is -2.39. The van der Waals surface area contributed by atoms with Crippen molar-refractivity contribution in [3.05, 3.63) is 54.1 Å². The minimum Gasteiger partial charge on any atom is -0.475 e. The normalized spacial score (nSPS) is 26.1. The summed E-state index contributed by atoms with van der Waals surface area (Å²) in [6, 6.07) is 10.1. The van der Waals surface area contributed by atoms with E-state index in [0.717, 1.165) is 36.8 Å². The molecule has 0 saturated heterocycles. The number of carbonyl (C=O) groups excluding carboxylic acids is 1. The van der Waals surface area contributed by atoms with Gasteiger partial charge in [-0.2, -0.15) is 26.3 Å². The molecule has 3 N–H and O–H groups in total. The summed E-state index contributed by atoms with van der Waals surface area (Å²) in [5.41, 5.74) is -0.396. The fraction of sp³-hybridized carbons (Fsp3) is 0.520. The molecular formula is C25H30F6N2O4. The molecule has 0 aliphatic heterocycles. The van der Waals surface area contributed by atoms with Crippen LogP contribution in [-0.2, 0) is 14.3 Å². The molecule has 1 fully saturated rings. The highest BCUT2D eigenvalue weighted by atomic mass is 19.4. The first kappa shape index (κ1) is 30.5. The van der Waals surface area contributed by atoms with Gasteiger partial charge in [-0.15, -0.1) is 0 Å². The number of ketones is 1. The van der Waals surface area contributed by atoms with Gasteiger partial charge in [0.25, 0.3) is 5.78 Å². The molecule has 6 nitrogen and oxygen atoms in total. The molecule has 2 aliphatic rings. The monoisotopic (exact) mass is 536 g/mol. The van der Waals surface area contributed by atoms with Crippen LogP contribution in [0.25, 0.3) is 5.57 Å². The van der Waals surface area contributed by atoms with E-state index in [1.807, 2.05) is 37.4 Å². The maximum atomic E-state index is 13.4. The fourth-order valence-electron chi connectivity index (χ4n) is 4.42. The van der Waals surface area contributed by atoms with E-state index in [4.69, 9.17) is 14.6 Å². The Morgan fingerprint density at radius 1 is 1.00 bits per heavy atom. The molecule has 1 saturated carbocycles. The summed E-state index contributed by atoms with van der Waals surface area (Å²) in [6.45, 7) is 0.227. The topological polar surface area (TPSA) is 87.7 Å². The Morgan fingerprint density at radius 3 is 2.00 bits per heavy atom. The number of aliphatic carboxylic acids is 1. The zero-order chi connectivity index (χ0) is 27.9. The summed E-state index contributed by atoms with van der Waals surface area (Å²) in [4.78, 5) is 21.3. The van der Waals surface area contributed by atoms with Crippen molar-refractivity contribution in [3.63, 3.8) is 0 Å². The summed E-state index contributed by atoms with van der Waals surface area (Å²) in [6.07, 6.45) is -1.60. The number of carboxylic acids is 1. The maximum Gasteiger partial charge on any atom is 0.490 e. The van der Waals surface area contributed by atoms with Crippen molar-refractivity contribution in [1.29, 1.82) is 0 Å². The van der Waals surface area contributed by atoms with E-state index in [1.54, 1.807) is 12.2 Å². The van der Waals surface area contributed by atoms with Gasteiger partial charge in [0.1, 0.15) is 0 Å². The van der Waals surface area contributed by atoms with Gasteiger partial charge in [0.15, 0.2) is 5.60 Å². The summed E-state index contributed by atoms with van der Waals surface area (Å²) < 4.78 is 77.3. The molecule has 2 aliphatic carbocycles. The molecule has 0 heterocycles. The number of benzene rings is 1. The smallest absolute Gasteiger partial charge is 0.475 e. The first-order valence-corrected chi connectivity index (χ1v) is 11.6. The fourth-order valence-corrected chi connectivity index (χ4v) is 4.42. The molecule has 1 aromatic rings. The second-order valence-corrected chi connectivity index (χ2v) is 8.80. The molecule has 206 valence electrons. The highest BCUT2D eigenvalue weighted by molar-refractivity contribution is 5.96. The second-order valence-electron chi connectivity index (χ2n) is 8.80. The number of hydrogen-bond donors (Lipinski definition) is 3. The Balaban J connectivity index is 0.000000604. The van der Waals surface area contributed by atoms with E-state index in [2.05, 4.69) is 10.6 Å². The second kappa shape index (κ2) is 12.7. The predicted octanol–water partition coefficient (Wildman–Crippen LogP) is 4.53. The molecule has 37 heavy (non-hydrogen) atoms. The maximum absolute atomic E-state index is 13.4. The highest BCUT2D eigenvalue weighted by Crippen LogP contribution is 2.39. The minimum absolute atomic E-state index is 0.213. The third kappa shape index (κ3) is 8.14. The molecule has 0 bridgehead atoms. The van der Waals surface area contributed by atoms with Crippen LogP contribution < -0.4 is 10.6 Å². The van der Waals surface area contributed by atoms with Gasteiger partial charge in [-0.1, -0.05) is 42.5 Å². The summed E-state index contributed by atoms with van der Waals surface area (Å²) >= 11 is 0. The molecule has 0 aromatic heterocycles. The van der Waals surface area contributed by atoms with Gasteiger partial charge in [0, 0.05) is 31.7 Å². The molecule has 3 rings (SSSR count). The van der Waals surface area contributed by atoms with Crippen LogP contribution in [-0.4, -0.2) is 67.6 Å². The van der Waals surface area contributed by atoms with Crippen molar-refractivity contribution in [2.24, 2.45) is 5.92 Å². The molecule has 0 spiro atoms. The van der Waals surface area contributed by atoms with Crippen molar-refractivity contribution in [1.82, 2.24) is 10.6 Å². The van der Waals surface area contributed by atoms with E-state index in [1.165, 1.54) is 13.2 Å². The lowest BCUT2D eigenvalue weighted by Crippen LogP contribution is -2.55. The van der Waals surface area contributed by atoms with Crippen molar-refractivity contribution in [2.75, 3.05) is 20.7 Å². The van der Waals surface area contributed by atoms with Crippen LogP contribution in [0, 0.1) is 5.92 Å². The minimum atomic E-state index is -5.08. The predicted molar refractivity (Wildman–Crippen MR) is 125 cm³/mol. The zero-order valence-electron chi connectivity index (χ0n) is 20.3. The SMILES string of the molecule is CNC1CCC(NCC2C=C(c3ccccc3)C=CC2(OC)C(=O)C(F)(F)F)CC1.O=C(O)C(F)(F)F. The third-order valence-electron chi connectivity index (χ3n) is 6.50. The third-order valence-corrected chi connectivity index (χ3v) is 6.50. The van der Waals surface area contributed by atoms with Gasteiger partial charge in [-0.25, -0.2) is 4.79 Å². The number of rotatable bonds is 7. The lowest BCUT2D eigenvalue weighted by atomic mass is 9.76. The first-order chi connectivity index (χ1) is 17.2.